The number of piperazine rings is 1. The summed E-state index contributed by atoms with van der Waals surface area (Å²) in [7, 11) is 2.15. The molecule has 0 spiro atoms. The van der Waals surface area contributed by atoms with Gasteiger partial charge in [0.1, 0.15) is 0 Å². The molecule has 0 unspecified atom stereocenters. The van der Waals surface area contributed by atoms with Crippen LogP contribution in [0.1, 0.15) is 11.1 Å². The molecule has 2 heterocycles. The summed E-state index contributed by atoms with van der Waals surface area (Å²) in [5.41, 5.74) is 5.58. The Morgan fingerprint density at radius 3 is 2.42 bits per heavy atom. The lowest BCUT2D eigenvalue weighted by Gasteiger charge is -2.34. The van der Waals surface area contributed by atoms with Gasteiger partial charge < -0.3 is 15.1 Å². The van der Waals surface area contributed by atoms with E-state index >= 15 is 0 Å². The van der Waals surface area contributed by atoms with Crippen LogP contribution in [0.4, 0.5) is 11.4 Å². The number of nitrogens with one attached hydrogen (secondary N) is 1. The average molecular weight is 436 g/mol. The normalized spacial score (nSPS) is 14.6. The van der Waals surface area contributed by atoms with Crippen molar-refractivity contribution in [2.45, 2.75) is 19.0 Å². The van der Waals surface area contributed by atoms with Crippen molar-refractivity contribution < 1.29 is 4.79 Å². The van der Waals surface area contributed by atoms with Crippen LogP contribution < -0.4 is 10.2 Å². The number of amides is 1. The summed E-state index contributed by atoms with van der Waals surface area (Å²) < 4.78 is 2.02. The van der Waals surface area contributed by atoms with E-state index < -0.39 is 0 Å². The maximum atomic E-state index is 12.5. The number of nitrogens with zero attached hydrogens (tertiary/aromatic N) is 4. The lowest BCUT2D eigenvalue weighted by Crippen LogP contribution is -2.44. The summed E-state index contributed by atoms with van der Waals surface area (Å²) in [5.74, 6) is 0.272. The molecule has 2 aromatic carbocycles. The number of likely N-dealkylation sites (N-methyl/N-ethyl adjacent to an activating group) is 1. The van der Waals surface area contributed by atoms with E-state index in [1.165, 1.54) is 28.6 Å². The van der Waals surface area contributed by atoms with Gasteiger partial charge >= 0.3 is 0 Å². The maximum Gasteiger partial charge on any atom is 0.234 e. The van der Waals surface area contributed by atoms with Gasteiger partial charge in [0.05, 0.1) is 5.75 Å². The zero-order chi connectivity index (χ0) is 21.8. The van der Waals surface area contributed by atoms with Crippen molar-refractivity contribution in [3.05, 3.63) is 66.0 Å². The van der Waals surface area contributed by atoms with Crippen LogP contribution in [-0.4, -0.2) is 59.3 Å². The second-order valence-electron chi connectivity index (χ2n) is 8.02. The first-order valence-electron chi connectivity index (χ1n) is 10.6. The van der Waals surface area contributed by atoms with Crippen molar-refractivity contribution in [3.63, 3.8) is 0 Å². The molecule has 1 N–H and O–H groups in total. The van der Waals surface area contributed by atoms with Gasteiger partial charge in [-0.25, -0.2) is 4.98 Å². The second-order valence-corrected chi connectivity index (χ2v) is 8.96. The monoisotopic (exact) mass is 435 g/mol. The molecular weight excluding hydrogens is 406 g/mol. The summed E-state index contributed by atoms with van der Waals surface area (Å²) in [4.78, 5) is 21.6. The van der Waals surface area contributed by atoms with Gasteiger partial charge in [-0.3, -0.25) is 9.36 Å². The highest BCUT2D eigenvalue weighted by atomic mass is 32.2. The molecule has 0 saturated carbocycles. The van der Waals surface area contributed by atoms with E-state index in [4.69, 9.17) is 0 Å². The molecule has 0 bridgehead atoms. The second kappa shape index (κ2) is 9.58. The number of hydrogen-bond acceptors (Lipinski definition) is 5. The first-order valence-corrected chi connectivity index (χ1v) is 11.6. The van der Waals surface area contributed by atoms with Gasteiger partial charge in [-0.15, -0.1) is 0 Å². The first kappa shape index (κ1) is 21.5. The van der Waals surface area contributed by atoms with Crippen LogP contribution in [0.2, 0.25) is 0 Å². The Bertz CT molecular complexity index is 1040. The summed E-state index contributed by atoms with van der Waals surface area (Å²) in [6.07, 6.45) is 3.70. The third-order valence-electron chi connectivity index (χ3n) is 5.73. The van der Waals surface area contributed by atoms with Crippen LogP contribution in [0, 0.1) is 13.8 Å². The average Bonchev–Trinajstić information content (AvgIpc) is 3.24. The summed E-state index contributed by atoms with van der Waals surface area (Å²) in [6.45, 7) is 8.43. The molecular formula is C24H29N5OS. The molecule has 0 aliphatic carbocycles. The maximum absolute atomic E-state index is 12.5. The van der Waals surface area contributed by atoms with Gasteiger partial charge in [-0.05, 0) is 68.4 Å². The number of aryl methyl sites for hydroxylation is 2. The van der Waals surface area contributed by atoms with Crippen molar-refractivity contribution in [1.29, 1.82) is 0 Å². The molecule has 0 radical (unpaired) electrons. The van der Waals surface area contributed by atoms with Crippen molar-refractivity contribution in [2.75, 3.05) is 49.2 Å². The van der Waals surface area contributed by atoms with Crippen LogP contribution in [0.15, 0.2) is 60.0 Å². The largest absolute Gasteiger partial charge is 0.369 e. The standard InChI is InChI=1S/C24H29N5OS/c1-18-4-7-22(16-19(18)2)29-11-10-25-24(29)31-17-23(30)26-20-5-8-21(9-6-20)28-14-12-27(3)13-15-28/h4-11,16H,12-15,17H2,1-3H3,(H,26,30). The minimum Gasteiger partial charge on any atom is -0.369 e. The molecule has 1 fully saturated rings. The van der Waals surface area contributed by atoms with Crippen molar-refractivity contribution in [2.24, 2.45) is 0 Å². The van der Waals surface area contributed by atoms with E-state index in [0.717, 1.165) is 42.7 Å². The van der Waals surface area contributed by atoms with Gasteiger partial charge in [-0.1, -0.05) is 17.8 Å². The number of carbonyl (C=O) groups is 1. The third kappa shape index (κ3) is 5.29. The van der Waals surface area contributed by atoms with E-state index in [9.17, 15) is 4.79 Å². The number of imidazole rings is 1. The Morgan fingerprint density at radius 2 is 1.71 bits per heavy atom. The summed E-state index contributed by atoms with van der Waals surface area (Å²) in [6, 6.07) is 14.5. The molecule has 3 aromatic rings. The number of anilines is 2. The molecule has 0 atom stereocenters. The van der Waals surface area contributed by atoms with Crippen LogP contribution in [0.3, 0.4) is 0 Å². The fourth-order valence-electron chi connectivity index (χ4n) is 3.62. The lowest BCUT2D eigenvalue weighted by atomic mass is 10.1. The molecule has 1 aromatic heterocycles. The highest BCUT2D eigenvalue weighted by Gasteiger charge is 2.14. The van der Waals surface area contributed by atoms with Crippen LogP contribution in [-0.2, 0) is 4.79 Å². The molecule has 7 heteroatoms. The number of thioether (sulfide) groups is 1. The molecule has 4 rings (SSSR count). The fraction of sp³-hybridized carbons (Fsp3) is 0.333. The SMILES string of the molecule is Cc1ccc(-n2ccnc2SCC(=O)Nc2ccc(N3CCN(C)CC3)cc2)cc1C. The van der Waals surface area contributed by atoms with Gasteiger partial charge in [0.2, 0.25) is 5.91 Å². The zero-order valence-corrected chi connectivity index (χ0v) is 19.2. The Morgan fingerprint density at radius 1 is 1.00 bits per heavy atom. The van der Waals surface area contributed by atoms with Crippen LogP contribution >= 0.6 is 11.8 Å². The van der Waals surface area contributed by atoms with Gasteiger partial charge in [0.25, 0.3) is 0 Å². The lowest BCUT2D eigenvalue weighted by molar-refractivity contribution is -0.113. The molecule has 1 saturated heterocycles. The summed E-state index contributed by atoms with van der Waals surface area (Å²) >= 11 is 1.44. The number of carbonyl (C=O) groups excluding carboxylic acids is 1. The Balaban J connectivity index is 1.33. The van der Waals surface area contributed by atoms with Crippen LogP contribution in [0.5, 0.6) is 0 Å². The molecule has 31 heavy (non-hydrogen) atoms. The predicted octanol–water partition coefficient (Wildman–Crippen LogP) is 3.97. The van der Waals surface area contributed by atoms with Gasteiger partial charge in [-0.2, -0.15) is 0 Å². The van der Waals surface area contributed by atoms with Gasteiger partial charge in [0, 0.05) is 55.6 Å². The Labute approximate surface area is 188 Å². The van der Waals surface area contributed by atoms with Crippen molar-refractivity contribution in [3.8, 4) is 5.69 Å². The predicted molar refractivity (Wildman–Crippen MR) is 129 cm³/mol. The van der Waals surface area contributed by atoms with E-state index in [2.05, 4.69) is 71.3 Å². The minimum absolute atomic E-state index is 0.0352. The van der Waals surface area contributed by atoms with Crippen molar-refractivity contribution >= 4 is 29.0 Å². The molecule has 162 valence electrons. The zero-order valence-electron chi connectivity index (χ0n) is 18.3. The highest BCUT2D eigenvalue weighted by molar-refractivity contribution is 7.99. The van der Waals surface area contributed by atoms with E-state index in [-0.39, 0.29) is 5.91 Å². The fourth-order valence-corrected chi connectivity index (χ4v) is 4.39. The minimum atomic E-state index is -0.0352. The Hall–Kier alpha value is -2.77. The highest BCUT2D eigenvalue weighted by Crippen LogP contribution is 2.23. The molecule has 6 nitrogen and oxygen atoms in total. The topological polar surface area (TPSA) is 53.4 Å². The van der Waals surface area contributed by atoms with E-state index in [1.54, 1.807) is 6.20 Å². The quantitative estimate of drug-likeness (QED) is 0.594. The van der Waals surface area contributed by atoms with E-state index in [0.29, 0.717) is 5.75 Å². The first-order chi connectivity index (χ1) is 15.0. The molecule has 1 aliphatic heterocycles. The number of aromatic nitrogens is 2. The smallest absolute Gasteiger partial charge is 0.234 e. The number of hydrogen-bond donors (Lipinski definition) is 1. The number of rotatable bonds is 6. The molecule has 1 aliphatic rings. The van der Waals surface area contributed by atoms with Crippen LogP contribution in [0.25, 0.3) is 5.69 Å². The molecule has 1 amide bonds. The van der Waals surface area contributed by atoms with Gasteiger partial charge in [0.15, 0.2) is 5.16 Å². The number of benzene rings is 2. The van der Waals surface area contributed by atoms with E-state index in [1.807, 2.05) is 22.9 Å². The summed E-state index contributed by atoms with van der Waals surface area (Å²) in [5, 5.41) is 3.80. The van der Waals surface area contributed by atoms with Crippen molar-refractivity contribution in [1.82, 2.24) is 14.5 Å². The third-order valence-corrected chi connectivity index (χ3v) is 6.69. The Kier molecular flexibility index (Phi) is 6.63.